The minimum Gasteiger partial charge on any atom is -0.450 e. The second-order valence-electron chi connectivity index (χ2n) is 6.01. The quantitative estimate of drug-likeness (QED) is 0.787. The number of piperazine rings is 1. The van der Waals surface area contributed by atoms with Crippen molar-refractivity contribution in [3.05, 3.63) is 28.8 Å². The van der Waals surface area contributed by atoms with Gasteiger partial charge in [0, 0.05) is 37.6 Å². The fourth-order valence-corrected chi connectivity index (χ4v) is 3.33. The van der Waals surface area contributed by atoms with Crippen LogP contribution in [0, 0.1) is 0 Å². The normalized spacial score (nSPS) is 20.8. The Hall–Kier alpha value is -1.75. The molecular formula is C17H22ClN3O2. The number of nitrogens with zero attached hydrogens (tertiary/aromatic N) is 3. The minimum absolute atomic E-state index is 0.219. The molecule has 0 bridgehead atoms. The van der Waals surface area contributed by atoms with Gasteiger partial charge in [-0.2, -0.15) is 0 Å². The van der Waals surface area contributed by atoms with Gasteiger partial charge < -0.3 is 14.5 Å². The number of aliphatic imine (C=N–C) groups is 1. The number of ether oxygens (including phenoxy) is 1. The van der Waals surface area contributed by atoms with Crippen LogP contribution in [0.4, 0.5) is 10.5 Å². The number of amidine groups is 1. The molecule has 2 heterocycles. The molecule has 23 heavy (non-hydrogen) atoms. The van der Waals surface area contributed by atoms with Crippen LogP contribution in [0.3, 0.4) is 0 Å². The molecule has 124 valence electrons. The highest BCUT2D eigenvalue weighted by atomic mass is 35.5. The van der Waals surface area contributed by atoms with Crippen molar-refractivity contribution in [2.75, 3.05) is 32.8 Å². The average Bonchev–Trinajstić information content (AvgIpc) is 2.54. The van der Waals surface area contributed by atoms with E-state index in [1.54, 1.807) is 4.90 Å². The van der Waals surface area contributed by atoms with Crippen LogP contribution in [-0.4, -0.2) is 54.5 Å². The topological polar surface area (TPSA) is 45.1 Å². The molecule has 1 unspecified atom stereocenters. The van der Waals surface area contributed by atoms with Crippen molar-refractivity contribution in [3.63, 3.8) is 0 Å². The maximum absolute atomic E-state index is 11.8. The first-order valence-electron chi connectivity index (χ1n) is 8.12. The molecule has 6 heteroatoms. The van der Waals surface area contributed by atoms with Gasteiger partial charge in [0.1, 0.15) is 5.84 Å². The number of hydrogen-bond donors (Lipinski definition) is 0. The van der Waals surface area contributed by atoms with Crippen LogP contribution in [0.25, 0.3) is 0 Å². The molecule has 1 aromatic rings. The monoisotopic (exact) mass is 335 g/mol. The van der Waals surface area contributed by atoms with E-state index in [0.29, 0.717) is 30.6 Å². The van der Waals surface area contributed by atoms with Crippen molar-refractivity contribution < 1.29 is 9.53 Å². The molecule has 1 amide bonds. The summed E-state index contributed by atoms with van der Waals surface area (Å²) in [4.78, 5) is 20.6. The first-order chi connectivity index (χ1) is 11.1. The lowest BCUT2D eigenvalue weighted by Crippen LogP contribution is -2.51. The Morgan fingerprint density at radius 1 is 1.35 bits per heavy atom. The van der Waals surface area contributed by atoms with Gasteiger partial charge in [0.25, 0.3) is 0 Å². The summed E-state index contributed by atoms with van der Waals surface area (Å²) in [5.74, 6) is 1.52. The van der Waals surface area contributed by atoms with Crippen molar-refractivity contribution in [1.29, 1.82) is 0 Å². The smallest absolute Gasteiger partial charge is 0.409 e. The molecule has 0 N–H and O–H groups in total. The third-order valence-electron chi connectivity index (χ3n) is 4.43. The van der Waals surface area contributed by atoms with E-state index in [9.17, 15) is 4.79 Å². The summed E-state index contributed by atoms with van der Waals surface area (Å²) < 4.78 is 5.06. The van der Waals surface area contributed by atoms with E-state index in [0.717, 1.165) is 31.0 Å². The van der Waals surface area contributed by atoms with Crippen LogP contribution >= 0.6 is 11.6 Å². The third kappa shape index (κ3) is 3.44. The summed E-state index contributed by atoms with van der Waals surface area (Å²) in [5.41, 5.74) is 2.22. The van der Waals surface area contributed by atoms with Crippen molar-refractivity contribution in [3.8, 4) is 0 Å². The molecule has 2 aliphatic heterocycles. The van der Waals surface area contributed by atoms with E-state index >= 15 is 0 Å². The predicted molar refractivity (Wildman–Crippen MR) is 91.7 cm³/mol. The zero-order valence-corrected chi connectivity index (χ0v) is 14.3. The van der Waals surface area contributed by atoms with E-state index in [-0.39, 0.29) is 6.09 Å². The Morgan fingerprint density at radius 3 is 2.78 bits per heavy atom. The van der Waals surface area contributed by atoms with Gasteiger partial charge in [-0.15, -0.1) is 0 Å². The van der Waals surface area contributed by atoms with E-state index < -0.39 is 0 Å². The molecule has 1 fully saturated rings. The molecule has 0 saturated carbocycles. The fraction of sp³-hybridized carbons (Fsp3) is 0.529. The summed E-state index contributed by atoms with van der Waals surface area (Å²) >= 11 is 6.10. The Bertz CT molecular complexity index is 624. The van der Waals surface area contributed by atoms with Gasteiger partial charge in [0.2, 0.25) is 0 Å². The van der Waals surface area contributed by atoms with E-state index in [1.807, 2.05) is 19.1 Å². The van der Waals surface area contributed by atoms with Crippen LogP contribution in [0.1, 0.15) is 31.7 Å². The Balaban J connectivity index is 1.70. The van der Waals surface area contributed by atoms with Crippen LogP contribution in [-0.2, 0) is 4.74 Å². The molecule has 2 aliphatic rings. The summed E-state index contributed by atoms with van der Waals surface area (Å²) in [6.07, 6.45) is 0.705. The van der Waals surface area contributed by atoms with E-state index in [2.05, 4.69) is 17.9 Å². The SMILES string of the molecule is CCOC(=O)N1CCN(C2=Nc3cc(Cl)ccc3C(C)C2)CC1. The Labute approximate surface area is 141 Å². The molecule has 5 nitrogen and oxygen atoms in total. The highest BCUT2D eigenvalue weighted by Crippen LogP contribution is 2.36. The number of carbonyl (C=O) groups excluding carboxylic acids is 1. The van der Waals surface area contributed by atoms with Gasteiger partial charge in [-0.1, -0.05) is 24.6 Å². The van der Waals surface area contributed by atoms with Crippen molar-refractivity contribution in [1.82, 2.24) is 9.80 Å². The molecule has 0 aliphatic carbocycles. The van der Waals surface area contributed by atoms with Crippen molar-refractivity contribution >= 4 is 29.2 Å². The maximum Gasteiger partial charge on any atom is 0.409 e. The molecular weight excluding hydrogens is 314 g/mol. The summed E-state index contributed by atoms with van der Waals surface area (Å²) in [5, 5.41) is 0.716. The number of rotatable bonds is 1. The van der Waals surface area contributed by atoms with Gasteiger partial charge in [0.05, 0.1) is 12.3 Å². The number of fused-ring (bicyclic) bond motifs is 1. The molecule has 0 aromatic heterocycles. The van der Waals surface area contributed by atoms with Gasteiger partial charge in [0.15, 0.2) is 0 Å². The molecule has 1 aromatic carbocycles. The highest BCUT2D eigenvalue weighted by Gasteiger charge is 2.27. The standard InChI is InChI=1S/C17H22ClN3O2/c1-3-23-17(22)21-8-6-20(7-9-21)16-10-12(2)14-5-4-13(18)11-15(14)19-16/h4-5,11-12H,3,6-10H2,1-2H3. The number of benzene rings is 1. The van der Waals surface area contributed by atoms with Gasteiger partial charge in [-0.25, -0.2) is 9.79 Å². The predicted octanol–water partition coefficient (Wildman–Crippen LogP) is 3.65. The number of halogens is 1. The average molecular weight is 336 g/mol. The largest absolute Gasteiger partial charge is 0.450 e. The number of carbonyl (C=O) groups is 1. The minimum atomic E-state index is -0.219. The van der Waals surface area contributed by atoms with Gasteiger partial charge in [-0.3, -0.25) is 0 Å². The molecule has 1 atom stereocenters. The van der Waals surface area contributed by atoms with Crippen LogP contribution in [0.2, 0.25) is 5.02 Å². The van der Waals surface area contributed by atoms with E-state index in [1.165, 1.54) is 5.56 Å². The van der Waals surface area contributed by atoms with Crippen molar-refractivity contribution in [2.45, 2.75) is 26.2 Å². The molecule has 0 radical (unpaired) electrons. The molecule has 3 rings (SSSR count). The second-order valence-corrected chi connectivity index (χ2v) is 6.45. The Morgan fingerprint density at radius 2 is 2.09 bits per heavy atom. The summed E-state index contributed by atoms with van der Waals surface area (Å²) in [6, 6.07) is 5.93. The van der Waals surface area contributed by atoms with Crippen molar-refractivity contribution in [2.24, 2.45) is 4.99 Å². The zero-order chi connectivity index (χ0) is 16.4. The lowest BCUT2D eigenvalue weighted by molar-refractivity contribution is 0.0916. The van der Waals surface area contributed by atoms with Crippen LogP contribution < -0.4 is 0 Å². The van der Waals surface area contributed by atoms with Crippen LogP contribution in [0.15, 0.2) is 23.2 Å². The maximum atomic E-state index is 11.8. The van der Waals surface area contributed by atoms with Gasteiger partial charge in [-0.05, 0) is 30.5 Å². The highest BCUT2D eigenvalue weighted by molar-refractivity contribution is 6.30. The van der Waals surface area contributed by atoms with Gasteiger partial charge >= 0.3 is 6.09 Å². The Kier molecular flexibility index (Phi) is 4.76. The second kappa shape index (κ2) is 6.79. The zero-order valence-electron chi connectivity index (χ0n) is 13.6. The number of hydrogen-bond acceptors (Lipinski definition) is 4. The lowest BCUT2D eigenvalue weighted by Gasteiger charge is -2.37. The summed E-state index contributed by atoms with van der Waals surface area (Å²) in [6.45, 7) is 7.40. The fourth-order valence-electron chi connectivity index (χ4n) is 3.16. The first-order valence-corrected chi connectivity index (χ1v) is 8.50. The lowest BCUT2D eigenvalue weighted by atomic mass is 9.92. The first kappa shape index (κ1) is 16.1. The number of amides is 1. The third-order valence-corrected chi connectivity index (χ3v) is 4.67. The molecule has 1 saturated heterocycles. The summed E-state index contributed by atoms with van der Waals surface area (Å²) in [7, 11) is 0. The van der Waals surface area contributed by atoms with Crippen LogP contribution in [0.5, 0.6) is 0 Å². The molecule has 0 spiro atoms. The van der Waals surface area contributed by atoms with E-state index in [4.69, 9.17) is 21.3 Å².